The zero-order valence-electron chi connectivity index (χ0n) is 9.85. The molecule has 1 fully saturated rings. The van der Waals surface area contributed by atoms with Crippen LogP contribution >= 0.6 is 12.2 Å². The van der Waals surface area contributed by atoms with E-state index in [9.17, 15) is 9.18 Å². The number of hydrogen-bond acceptors (Lipinski definition) is 3. The van der Waals surface area contributed by atoms with Crippen molar-refractivity contribution in [3.05, 3.63) is 29.6 Å². The lowest BCUT2D eigenvalue weighted by atomic mass is 10.2. The highest BCUT2D eigenvalue weighted by atomic mass is 32.1. The van der Waals surface area contributed by atoms with Crippen molar-refractivity contribution in [1.29, 1.82) is 0 Å². The molecule has 1 amide bonds. The first-order valence-electron chi connectivity index (χ1n) is 5.50. The molecule has 0 bridgehead atoms. The third-order valence-corrected chi connectivity index (χ3v) is 3.08. The molecule has 96 valence electrons. The van der Waals surface area contributed by atoms with E-state index in [0.29, 0.717) is 18.7 Å². The van der Waals surface area contributed by atoms with Gasteiger partial charge < -0.3 is 15.4 Å². The molecule has 1 aliphatic heterocycles. The minimum atomic E-state index is -0.543. The summed E-state index contributed by atoms with van der Waals surface area (Å²) in [6.07, 6.45) is 0.0682. The lowest BCUT2D eigenvalue weighted by Gasteiger charge is -2.13. The average molecular weight is 268 g/mol. The Bertz CT molecular complexity index is 507. The molecule has 2 N–H and O–H groups in total. The second-order valence-corrected chi connectivity index (χ2v) is 4.60. The maximum Gasteiger partial charge on any atom is 0.263 e. The van der Waals surface area contributed by atoms with Crippen molar-refractivity contribution >= 4 is 23.1 Å². The van der Waals surface area contributed by atoms with Crippen LogP contribution in [0.2, 0.25) is 0 Å². The number of nitrogens with zero attached hydrogens (tertiary/aromatic N) is 1. The molecular formula is C12H13FN2O2S. The van der Waals surface area contributed by atoms with Crippen molar-refractivity contribution < 1.29 is 13.9 Å². The normalized spacial score (nSPS) is 19.1. The molecule has 0 radical (unpaired) electrons. The number of likely N-dealkylation sites (tertiary alicyclic amines) is 1. The van der Waals surface area contributed by atoms with E-state index in [-0.39, 0.29) is 16.5 Å². The van der Waals surface area contributed by atoms with E-state index in [1.165, 1.54) is 12.1 Å². The van der Waals surface area contributed by atoms with Gasteiger partial charge in [-0.2, -0.15) is 0 Å². The van der Waals surface area contributed by atoms with E-state index in [0.717, 1.165) is 0 Å². The number of halogens is 1. The Morgan fingerprint density at radius 3 is 2.83 bits per heavy atom. The highest BCUT2D eigenvalue weighted by Crippen LogP contribution is 2.21. The lowest BCUT2D eigenvalue weighted by Crippen LogP contribution is -2.29. The Balaban J connectivity index is 2.14. The van der Waals surface area contributed by atoms with Gasteiger partial charge in [0, 0.05) is 31.6 Å². The molecule has 4 nitrogen and oxygen atoms in total. The van der Waals surface area contributed by atoms with E-state index >= 15 is 0 Å². The largest absolute Gasteiger partial charge is 0.480 e. The minimum Gasteiger partial charge on any atom is -0.480 e. The number of benzene rings is 1. The molecule has 0 aliphatic carbocycles. The molecule has 1 unspecified atom stereocenters. The number of ether oxygens (including phenoxy) is 1. The first-order chi connectivity index (χ1) is 8.49. The van der Waals surface area contributed by atoms with Gasteiger partial charge in [-0.1, -0.05) is 12.2 Å². The second-order valence-electron chi connectivity index (χ2n) is 4.16. The zero-order valence-corrected chi connectivity index (χ0v) is 10.7. The Morgan fingerprint density at radius 2 is 2.33 bits per heavy atom. The molecule has 0 saturated carbocycles. The third kappa shape index (κ3) is 2.43. The Labute approximate surface area is 110 Å². The van der Waals surface area contributed by atoms with Gasteiger partial charge in [0.15, 0.2) is 6.10 Å². The van der Waals surface area contributed by atoms with Crippen LogP contribution in [-0.2, 0) is 4.79 Å². The highest BCUT2D eigenvalue weighted by molar-refractivity contribution is 7.80. The van der Waals surface area contributed by atoms with Crippen molar-refractivity contribution in [2.24, 2.45) is 5.73 Å². The maximum absolute atomic E-state index is 13.6. The third-order valence-electron chi connectivity index (χ3n) is 2.86. The molecule has 0 aromatic heterocycles. The van der Waals surface area contributed by atoms with Crippen LogP contribution in [0.4, 0.5) is 4.39 Å². The van der Waals surface area contributed by atoms with Crippen molar-refractivity contribution in [3.8, 4) is 5.75 Å². The summed E-state index contributed by atoms with van der Waals surface area (Å²) in [4.78, 5) is 13.2. The fourth-order valence-corrected chi connectivity index (χ4v) is 2.00. The highest BCUT2D eigenvalue weighted by Gasteiger charge is 2.30. The Morgan fingerprint density at radius 1 is 1.61 bits per heavy atom. The number of rotatable bonds is 3. The van der Waals surface area contributed by atoms with Crippen LogP contribution in [0, 0.1) is 5.82 Å². The van der Waals surface area contributed by atoms with Gasteiger partial charge in [0.1, 0.15) is 16.6 Å². The number of amides is 1. The molecule has 0 spiro atoms. The van der Waals surface area contributed by atoms with Gasteiger partial charge in [0.05, 0.1) is 0 Å². The quantitative estimate of drug-likeness (QED) is 0.833. The van der Waals surface area contributed by atoms with Crippen LogP contribution in [0.25, 0.3) is 0 Å². The van der Waals surface area contributed by atoms with Gasteiger partial charge in [-0.25, -0.2) is 4.39 Å². The van der Waals surface area contributed by atoms with Crippen LogP contribution in [0.5, 0.6) is 5.75 Å². The van der Waals surface area contributed by atoms with E-state index < -0.39 is 11.9 Å². The predicted molar refractivity (Wildman–Crippen MR) is 69.0 cm³/mol. The predicted octanol–water partition coefficient (Wildman–Crippen LogP) is 1.07. The Kier molecular flexibility index (Phi) is 3.47. The number of hydrogen-bond donors (Lipinski definition) is 1. The van der Waals surface area contributed by atoms with Gasteiger partial charge in [0.2, 0.25) is 0 Å². The molecule has 1 heterocycles. The monoisotopic (exact) mass is 268 g/mol. The number of likely N-dealkylation sites (N-methyl/N-ethyl adjacent to an activating group) is 1. The van der Waals surface area contributed by atoms with Gasteiger partial charge in [-0.15, -0.1) is 0 Å². The number of carbonyl (C=O) groups excluding carboxylic acids is 1. The number of carbonyl (C=O) groups is 1. The number of thiocarbonyl (C=S) groups is 1. The minimum absolute atomic E-state index is 0.00396. The van der Waals surface area contributed by atoms with Crippen LogP contribution in [-0.4, -0.2) is 35.5 Å². The molecule has 2 rings (SSSR count). The first kappa shape index (κ1) is 12.8. The topological polar surface area (TPSA) is 55.6 Å². The SMILES string of the molecule is CN1CCC(Oc2ccc(C(N)=S)c(F)c2)C1=O. The molecule has 1 aromatic carbocycles. The average Bonchev–Trinajstić information content (AvgIpc) is 2.61. The van der Waals surface area contributed by atoms with Crippen molar-refractivity contribution in [1.82, 2.24) is 4.90 Å². The van der Waals surface area contributed by atoms with E-state index in [1.54, 1.807) is 18.0 Å². The molecule has 1 atom stereocenters. The molecular weight excluding hydrogens is 255 g/mol. The summed E-state index contributed by atoms with van der Waals surface area (Å²) in [5.74, 6) is -0.325. The summed E-state index contributed by atoms with van der Waals surface area (Å²) in [5, 5.41) is 0. The number of nitrogens with two attached hydrogens (primary N) is 1. The second kappa shape index (κ2) is 4.89. The fourth-order valence-electron chi connectivity index (χ4n) is 1.83. The molecule has 1 aromatic rings. The van der Waals surface area contributed by atoms with E-state index in [2.05, 4.69) is 0 Å². The standard InChI is InChI=1S/C12H13FN2O2S/c1-15-5-4-10(12(15)16)17-7-2-3-8(11(14)18)9(13)6-7/h2-3,6,10H,4-5H2,1H3,(H2,14,18). The van der Waals surface area contributed by atoms with Crippen LogP contribution < -0.4 is 10.5 Å². The summed E-state index contributed by atoms with van der Waals surface area (Å²) >= 11 is 4.71. The van der Waals surface area contributed by atoms with Crippen LogP contribution in [0.1, 0.15) is 12.0 Å². The summed E-state index contributed by atoms with van der Waals surface area (Å²) in [7, 11) is 1.71. The van der Waals surface area contributed by atoms with Gasteiger partial charge in [-0.3, -0.25) is 4.79 Å². The summed E-state index contributed by atoms with van der Waals surface area (Å²) < 4.78 is 19.1. The summed E-state index contributed by atoms with van der Waals surface area (Å²) in [6, 6.07) is 4.21. The first-order valence-corrected chi connectivity index (χ1v) is 5.91. The van der Waals surface area contributed by atoms with Crippen molar-refractivity contribution in [3.63, 3.8) is 0 Å². The van der Waals surface area contributed by atoms with Crippen molar-refractivity contribution in [2.45, 2.75) is 12.5 Å². The van der Waals surface area contributed by atoms with Gasteiger partial charge in [-0.05, 0) is 12.1 Å². The molecule has 18 heavy (non-hydrogen) atoms. The Hall–Kier alpha value is -1.69. The maximum atomic E-state index is 13.6. The zero-order chi connectivity index (χ0) is 13.3. The smallest absolute Gasteiger partial charge is 0.263 e. The van der Waals surface area contributed by atoms with Gasteiger partial charge in [0.25, 0.3) is 5.91 Å². The summed E-state index contributed by atoms with van der Waals surface area (Å²) in [5.41, 5.74) is 5.53. The van der Waals surface area contributed by atoms with E-state index in [1.807, 2.05) is 0 Å². The van der Waals surface area contributed by atoms with E-state index in [4.69, 9.17) is 22.7 Å². The van der Waals surface area contributed by atoms with Crippen LogP contribution in [0.3, 0.4) is 0 Å². The van der Waals surface area contributed by atoms with Crippen LogP contribution in [0.15, 0.2) is 18.2 Å². The fraction of sp³-hybridized carbons (Fsp3) is 0.333. The molecule has 1 saturated heterocycles. The van der Waals surface area contributed by atoms with Crippen molar-refractivity contribution in [2.75, 3.05) is 13.6 Å². The lowest BCUT2D eigenvalue weighted by molar-refractivity contribution is -0.132. The summed E-state index contributed by atoms with van der Waals surface area (Å²) in [6.45, 7) is 0.650. The molecule has 6 heteroatoms. The molecule has 1 aliphatic rings. The van der Waals surface area contributed by atoms with Gasteiger partial charge >= 0.3 is 0 Å².